The van der Waals surface area contributed by atoms with Crippen molar-refractivity contribution in [3.8, 4) is 0 Å². The first kappa shape index (κ1) is 15.5. The Morgan fingerprint density at radius 1 is 1.43 bits per heavy atom. The number of nitrogens with one attached hydrogen (secondary N) is 1. The lowest BCUT2D eigenvalue weighted by Gasteiger charge is -2.24. The van der Waals surface area contributed by atoms with Crippen molar-refractivity contribution in [2.45, 2.75) is 19.0 Å². The Labute approximate surface area is 132 Å². The van der Waals surface area contributed by atoms with Crippen molar-refractivity contribution in [2.75, 3.05) is 20.1 Å². The molecule has 1 aliphatic heterocycles. The fourth-order valence-corrected chi connectivity index (χ4v) is 2.96. The standard InChI is InChI=1S/C14H20N6O3/c1-17-8-16-12-11(17)13(22)20(14(23)19(12)3)7-10(21)18(2)9-4-5-15-6-9/h8-9,15H,4-7H2,1-3H3. The maximum absolute atomic E-state index is 12.6. The maximum atomic E-state index is 12.6. The summed E-state index contributed by atoms with van der Waals surface area (Å²) in [5.41, 5.74) is -0.397. The number of hydrogen-bond acceptors (Lipinski definition) is 5. The smallest absolute Gasteiger partial charge is 0.332 e. The third-order valence-electron chi connectivity index (χ3n) is 4.47. The van der Waals surface area contributed by atoms with E-state index >= 15 is 0 Å². The molecule has 1 N–H and O–H groups in total. The molecule has 124 valence electrons. The second kappa shape index (κ2) is 5.65. The van der Waals surface area contributed by atoms with Crippen LogP contribution in [-0.4, -0.2) is 55.7 Å². The van der Waals surface area contributed by atoms with Crippen LogP contribution < -0.4 is 16.6 Å². The summed E-state index contributed by atoms with van der Waals surface area (Å²) < 4.78 is 3.83. The number of fused-ring (bicyclic) bond motifs is 1. The van der Waals surface area contributed by atoms with Gasteiger partial charge in [-0.2, -0.15) is 0 Å². The molecule has 1 saturated heterocycles. The van der Waals surface area contributed by atoms with Gasteiger partial charge >= 0.3 is 5.69 Å². The summed E-state index contributed by atoms with van der Waals surface area (Å²) in [4.78, 5) is 43.1. The van der Waals surface area contributed by atoms with Crippen LogP contribution in [0.15, 0.2) is 15.9 Å². The van der Waals surface area contributed by atoms with Gasteiger partial charge < -0.3 is 14.8 Å². The van der Waals surface area contributed by atoms with Gasteiger partial charge in [0.1, 0.15) is 6.54 Å². The summed E-state index contributed by atoms with van der Waals surface area (Å²) in [5, 5.41) is 3.19. The summed E-state index contributed by atoms with van der Waals surface area (Å²) in [6, 6.07) is 0.0995. The molecule has 0 aliphatic carbocycles. The first-order valence-corrected chi connectivity index (χ1v) is 7.49. The summed E-state index contributed by atoms with van der Waals surface area (Å²) in [6.45, 7) is 1.33. The van der Waals surface area contributed by atoms with Crippen LogP contribution in [0.3, 0.4) is 0 Å². The number of hydrogen-bond donors (Lipinski definition) is 1. The third-order valence-corrected chi connectivity index (χ3v) is 4.47. The molecule has 0 aromatic carbocycles. The number of imidazole rings is 1. The summed E-state index contributed by atoms with van der Waals surface area (Å²) in [7, 11) is 4.94. The average molecular weight is 320 g/mol. The minimum atomic E-state index is -0.535. The summed E-state index contributed by atoms with van der Waals surface area (Å²) >= 11 is 0. The second-order valence-electron chi connectivity index (χ2n) is 5.91. The van der Waals surface area contributed by atoms with Crippen LogP contribution in [0, 0.1) is 0 Å². The van der Waals surface area contributed by atoms with Crippen LogP contribution in [0.2, 0.25) is 0 Å². The Kier molecular flexibility index (Phi) is 3.80. The van der Waals surface area contributed by atoms with Gasteiger partial charge in [-0.1, -0.05) is 0 Å². The molecule has 1 unspecified atom stereocenters. The van der Waals surface area contributed by atoms with Crippen molar-refractivity contribution in [2.24, 2.45) is 14.1 Å². The van der Waals surface area contributed by atoms with Gasteiger partial charge in [0.2, 0.25) is 5.91 Å². The molecule has 2 aromatic rings. The first-order chi connectivity index (χ1) is 10.9. The molecule has 3 rings (SSSR count). The number of nitrogens with zero attached hydrogens (tertiary/aromatic N) is 5. The summed E-state index contributed by atoms with van der Waals surface area (Å²) in [5.74, 6) is -0.251. The quantitative estimate of drug-likeness (QED) is 0.724. The van der Waals surface area contributed by atoms with E-state index in [1.807, 2.05) is 0 Å². The number of amides is 1. The van der Waals surface area contributed by atoms with Gasteiger partial charge in [0.25, 0.3) is 5.56 Å². The first-order valence-electron chi connectivity index (χ1n) is 7.49. The Morgan fingerprint density at radius 2 is 2.17 bits per heavy atom. The molecule has 1 atom stereocenters. The lowest BCUT2D eigenvalue weighted by Crippen LogP contribution is -2.46. The van der Waals surface area contributed by atoms with Crippen molar-refractivity contribution in [1.29, 1.82) is 0 Å². The monoisotopic (exact) mass is 320 g/mol. The molecule has 1 aliphatic rings. The lowest BCUT2D eigenvalue weighted by molar-refractivity contribution is -0.132. The Hall–Kier alpha value is -2.42. The van der Waals surface area contributed by atoms with E-state index in [4.69, 9.17) is 0 Å². The predicted molar refractivity (Wildman–Crippen MR) is 84.3 cm³/mol. The molecule has 1 fully saturated rings. The van der Waals surface area contributed by atoms with Crippen molar-refractivity contribution in [3.05, 3.63) is 27.2 Å². The van der Waals surface area contributed by atoms with Gasteiger partial charge in [-0.3, -0.25) is 14.2 Å². The Balaban J connectivity index is 2.00. The van der Waals surface area contributed by atoms with Crippen LogP contribution in [0.1, 0.15) is 6.42 Å². The Morgan fingerprint density at radius 3 is 2.83 bits per heavy atom. The van der Waals surface area contributed by atoms with Crippen molar-refractivity contribution in [3.63, 3.8) is 0 Å². The van der Waals surface area contributed by atoms with E-state index in [-0.39, 0.29) is 18.5 Å². The van der Waals surface area contributed by atoms with E-state index in [1.165, 1.54) is 10.9 Å². The zero-order valence-corrected chi connectivity index (χ0v) is 13.4. The topological polar surface area (TPSA) is 94.2 Å². The molecule has 0 saturated carbocycles. The molecule has 3 heterocycles. The Bertz CT molecular complexity index is 871. The van der Waals surface area contributed by atoms with Gasteiger partial charge in [-0.25, -0.2) is 14.3 Å². The third kappa shape index (κ3) is 2.46. The summed E-state index contributed by atoms with van der Waals surface area (Å²) in [6.07, 6.45) is 2.35. The minimum absolute atomic E-state index is 0.0995. The zero-order valence-electron chi connectivity index (χ0n) is 13.4. The molecule has 9 nitrogen and oxygen atoms in total. The van der Waals surface area contributed by atoms with Crippen LogP contribution in [0.25, 0.3) is 11.2 Å². The predicted octanol–water partition coefficient (Wildman–Crippen LogP) is -1.75. The SMILES string of the molecule is CN(C(=O)Cn1c(=O)c2c(ncn2C)n(C)c1=O)C1CCNC1. The van der Waals surface area contributed by atoms with Crippen LogP contribution in [-0.2, 0) is 25.4 Å². The van der Waals surface area contributed by atoms with Gasteiger partial charge in [-0.05, 0) is 13.0 Å². The molecular formula is C14H20N6O3. The van der Waals surface area contributed by atoms with Crippen LogP contribution in [0.5, 0.6) is 0 Å². The van der Waals surface area contributed by atoms with Crippen molar-refractivity contribution in [1.82, 2.24) is 28.9 Å². The van der Waals surface area contributed by atoms with Crippen LogP contribution >= 0.6 is 0 Å². The number of likely N-dealkylation sites (N-methyl/N-ethyl adjacent to an activating group) is 1. The number of rotatable bonds is 3. The molecule has 0 radical (unpaired) electrons. The van der Waals surface area contributed by atoms with Crippen molar-refractivity contribution < 1.29 is 4.79 Å². The van der Waals surface area contributed by atoms with Gasteiger partial charge in [-0.15, -0.1) is 0 Å². The highest BCUT2D eigenvalue weighted by Gasteiger charge is 2.25. The zero-order chi connectivity index (χ0) is 16.7. The van der Waals surface area contributed by atoms with Crippen LogP contribution in [0.4, 0.5) is 0 Å². The highest BCUT2D eigenvalue weighted by Crippen LogP contribution is 2.07. The van der Waals surface area contributed by atoms with Crippen molar-refractivity contribution >= 4 is 17.1 Å². The second-order valence-corrected chi connectivity index (χ2v) is 5.91. The molecule has 9 heteroatoms. The fraction of sp³-hybridized carbons (Fsp3) is 0.571. The number of carbonyl (C=O) groups is 1. The molecule has 0 bridgehead atoms. The molecular weight excluding hydrogens is 300 g/mol. The van der Waals surface area contributed by atoms with E-state index in [0.717, 1.165) is 24.1 Å². The molecule has 0 spiro atoms. The van der Waals surface area contributed by atoms with E-state index in [0.29, 0.717) is 11.2 Å². The van der Waals surface area contributed by atoms with Gasteiger partial charge in [0, 0.05) is 33.7 Å². The normalized spacial score (nSPS) is 17.8. The highest BCUT2D eigenvalue weighted by molar-refractivity contribution is 5.77. The molecule has 23 heavy (non-hydrogen) atoms. The largest absolute Gasteiger partial charge is 0.340 e. The van der Waals surface area contributed by atoms with Gasteiger partial charge in [0.05, 0.1) is 6.33 Å². The van der Waals surface area contributed by atoms with Gasteiger partial charge in [0.15, 0.2) is 11.2 Å². The number of aromatic nitrogens is 4. The molecule has 1 amide bonds. The minimum Gasteiger partial charge on any atom is -0.340 e. The highest BCUT2D eigenvalue weighted by atomic mass is 16.2. The van der Waals surface area contributed by atoms with E-state index < -0.39 is 11.2 Å². The van der Waals surface area contributed by atoms with E-state index in [2.05, 4.69) is 10.3 Å². The average Bonchev–Trinajstić information content (AvgIpc) is 3.18. The number of aryl methyl sites for hydroxylation is 2. The lowest BCUT2D eigenvalue weighted by atomic mass is 10.2. The maximum Gasteiger partial charge on any atom is 0.332 e. The van der Waals surface area contributed by atoms with E-state index in [9.17, 15) is 14.4 Å². The van der Waals surface area contributed by atoms with E-state index in [1.54, 1.807) is 30.6 Å². The fourth-order valence-electron chi connectivity index (χ4n) is 2.96. The molecule has 2 aromatic heterocycles. The number of carbonyl (C=O) groups excluding carboxylic acids is 1.